The summed E-state index contributed by atoms with van der Waals surface area (Å²) in [6, 6.07) is 8.79. The van der Waals surface area contributed by atoms with Gasteiger partial charge in [-0.05, 0) is 53.6 Å². The van der Waals surface area contributed by atoms with E-state index in [0.717, 1.165) is 13.1 Å². The molecule has 0 saturated carbocycles. The lowest BCUT2D eigenvalue weighted by Gasteiger charge is -2.32. The third-order valence-electron chi connectivity index (χ3n) is 4.38. The van der Waals surface area contributed by atoms with E-state index in [2.05, 4.69) is 55.7 Å². The molecule has 0 fully saturated rings. The fourth-order valence-electron chi connectivity index (χ4n) is 2.78. The third-order valence-corrected chi connectivity index (χ3v) is 5.39. The molecule has 2 rings (SSSR count). The maximum atomic E-state index is 3.55. The zero-order valence-corrected chi connectivity index (χ0v) is 13.1. The quantitative estimate of drug-likeness (QED) is 0.761. The van der Waals surface area contributed by atoms with Gasteiger partial charge in [-0.15, -0.1) is 11.3 Å². The Hall–Kier alpha value is -0.860. The maximum absolute atomic E-state index is 3.55. The van der Waals surface area contributed by atoms with E-state index in [1.807, 2.05) is 11.3 Å². The summed E-state index contributed by atoms with van der Waals surface area (Å²) >= 11 is 1.88. The molecule has 0 amide bonds. The first-order valence-electron chi connectivity index (χ1n) is 7.40. The molecule has 1 nitrogen and oxygen atoms in total. The molecule has 1 aromatic heterocycles. The Kier molecular flexibility index (Phi) is 5.00. The summed E-state index contributed by atoms with van der Waals surface area (Å²) in [6.07, 6.45) is 3.67. The molecule has 0 radical (unpaired) electrons. The summed E-state index contributed by atoms with van der Waals surface area (Å²) in [4.78, 5) is 0. The van der Waals surface area contributed by atoms with Gasteiger partial charge in [0.15, 0.2) is 0 Å². The SMILES string of the molecule is CCNCC(CC)(CC)Cc1csc2ccccc12. The molecule has 0 unspecified atom stereocenters. The second kappa shape index (κ2) is 6.53. The first-order chi connectivity index (χ1) is 9.24. The van der Waals surface area contributed by atoms with Crippen LogP contribution in [0.5, 0.6) is 0 Å². The monoisotopic (exact) mass is 275 g/mol. The molecule has 0 aliphatic carbocycles. The standard InChI is InChI=1S/C17H25NS/c1-4-17(5-2,13-18-6-3)11-14-12-19-16-10-8-7-9-15(14)16/h7-10,12,18H,4-6,11,13H2,1-3H3. The molecule has 2 aromatic rings. The van der Waals surface area contributed by atoms with Crippen LogP contribution in [0.1, 0.15) is 39.2 Å². The third kappa shape index (κ3) is 3.18. The highest BCUT2D eigenvalue weighted by molar-refractivity contribution is 7.17. The predicted octanol–water partition coefficient (Wildman–Crippen LogP) is 4.86. The van der Waals surface area contributed by atoms with Gasteiger partial charge in [0.1, 0.15) is 0 Å². The van der Waals surface area contributed by atoms with Gasteiger partial charge in [-0.3, -0.25) is 0 Å². The van der Waals surface area contributed by atoms with Crippen LogP contribution in [0.4, 0.5) is 0 Å². The molecule has 0 aliphatic heterocycles. The van der Waals surface area contributed by atoms with Gasteiger partial charge in [-0.1, -0.05) is 39.0 Å². The van der Waals surface area contributed by atoms with Crippen LogP contribution in [0.2, 0.25) is 0 Å². The summed E-state index contributed by atoms with van der Waals surface area (Å²) in [5.41, 5.74) is 1.93. The molecular weight excluding hydrogens is 250 g/mol. The zero-order valence-electron chi connectivity index (χ0n) is 12.3. The van der Waals surface area contributed by atoms with Gasteiger partial charge in [0, 0.05) is 11.2 Å². The first kappa shape index (κ1) is 14.5. The molecule has 0 bridgehead atoms. The van der Waals surface area contributed by atoms with E-state index < -0.39 is 0 Å². The highest BCUT2D eigenvalue weighted by Crippen LogP contribution is 2.35. The van der Waals surface area contributed by atoms with Gasteiger partial charge in [0.2, 0.25) is 0 Å². The summed E-state index contributed by atoms with van der Waals surface area (Å²) < 4.78 is 1.42. The molecule has 1 N–H and O–H groups in total. The van der Waals surface area contributed by atoms with Crippen molar-refractivity contribution < 1.29 is 0 Å². The number of hydrogen-bond donors (Lipinski definition) is 1. The van der Waals surface area contributed by atoms with E-state index in [4.69, 9.17) is 0 Å². The van der Waals surface area contributed by atoms with Gasteiger partial charge in [0.25, 0.3) is 0 Å². The van der Waals surface area contributed by atoms with E-state index in [1.165, 1.54) is 34.9 Å². The molecule has 19 heavy (non-hydrogen) atoms. The Morgan fingerprint density at radius 3 is 2.53 bits per heavy atom. The summed E-state index contributed by atoms with van der Waals surface area (Å²) in [6.45, 7) is 9.04. The fourth-order valence-corrected chi connectivity index (χ4v) is 3.74. The van der Waals surface area contributed by atoms with Crippen LogP contribution < -0.4 is 5.32 Å². The van der Waals surface area contributed by atoms with Crippen LogP contribution in [-0.2, 0) is 6.42 Å². The van der Waals surface area contributed by atoms with Crippen molar-refractivity contribution in [2.45, 2.75) is 40.0 Å². The van der Waals surface area contributed by atoms with Gasteiger partial charge in [0.05, 0.1) is 0 Å². The molecule has 0 atom stereocenters. The van der Waals surface area contributed by atoms with E-state index in [-0.39, 0.29) is 0 Å². The molecular formula is C17H25NS. The number of rotatable bonds is 7. The first-order valence-corrected chi connectivity index (χ1v) is 8.28. The topological polar surface area (TPSA) is 12.0 Å². The lowest BCUT2D eigenvalue weighted by Crippen LogP contribution is -2.35. The van der Waals surface area contributed by atoms with Gasteiger partial charge >= 0.3 is 0 Å². The molecule has 0 aliphatic rings. The lowest BCUT2D eigenvalue weighted by atomic mass is 9.77. The van der Waals surface area contributed by atoms with Crippen LogP contribution in [0.15, 0.2) is 29.6 Å². The fraction of sp³-hybridized carbons (Fsp3) is 0.529. The minimum atomic E-state index is 0.403. The zero-order chi connectivity index (χ0) is 13.7. The van der Waals surface area contributed by atoms with Crippen molar-refractivity contribution in [2.75, 3.05) is 13.1 Å². The van der Waals surface area contributed by atoms with Gasteiger partial charge in [-0.25, -0.2) is 0 Å². The molecule has 0 spiro atoms. The molecule has 2 heteroatoms. The Balaban J connectivity index is 2.25. The van der Waals surface area contributed by atoms with Crippen LogP contribution in [0.3, 0.4) is 0 Å². The highest BCUT2D eigenvalue weighted by Gasteiger charge is 2.26. The van der Waals surface area contributed by atoms with Crippen LogP contribution in [0, 0.1) is 5.41 Å². The van der Waals surface area contributed by atoms with Crippen molar-refractivity contribution in [1.82, 2.24) is 5.32 Å². The summed E-state index contributed by atoms with van der Waals surface area (Å²) in [5, 5.41) is 7.37. The minimum Gasteiger partial charge on any atom is -0.316 e. The van der Waals surface area contributed by atoms with Crippen molar-refractivity contribution in [3.05, 3.63) is 35.2 Å². The van der Waals surface area contributed by atoms with Crippen molar-refractivity contribution in [3.63, 3.8) is 0 Å². The number of nitrogens with one attached hydrogen (secondary N) is 1. The second-order valence-electron chi connectivity index (χ2n) is 5.42. The normalized spacial score (nSPS) is 12.2. The Morgan fingerprint density at radius 1 is 1.11 bits per heavy atom. The highest BCUT2D eigenvalue weighted by atomic mass is 32.1. The maximum Gasteiger partial charge on any atom is 0.0345 e. The van der Waals surface area contributed by atoms with Crippen molar-refractivity contribution in [2.24, 2.45) is 5.41 Å². The smallest absolute Gasteiger partial charge is 0.0345 e. The molecule has 104 valence electrons. The van der Waals surface area contributed by atoms with Crippen molar-refractivity contribution in [3.8, 4) is 0 Å². The Bertz CT molecular complexity index is 511. The van der Waals surface area contributed by atoms with E-state index >= 15 is 0 Å². The van der Waals surface area contributed by atoms with E-state index in [1.54, 1.807) is 0 Å². The average Bonchev–Trinajstić information content (AvgIpc) is 2.87. The Labute approximate surface area is 121 Å². The summed E-state index contributed by atoms with van der Waals surface area (Å²) in [5.74, 6) is 0. The van der Waals surface area contributed by atoms with Crippen molar-refractivity contribution in [1.29, 1.82) is 0 Å². The molecule has 0 saturated heterocycles. The number of hydrogen-bond acceptors (Lipinski definition) is 2. The molecule has 1 aromatic carbocycles. The largest absolute Gasteiger partial charge is 0.316 e. The average molecular weight is 275 g/mol. The van der Waals surface area contributed by atoms with Crippen molar-refractivity contribution >= 4 is 21.4 Å². The number of fused-ring (bicyclic) bond motifs is 1. The Morgan fingerprint density at radius 2 is 1.84 bits per heavy atom. The van der Waals surface area contributed by atoms with Crippen LogP contribution in [0.25, 0.3) is 10.1 Å². The molecule has 1 heterocycles. The minimum absolute atomic E-state index is 0.403. The van der Waals surface area contributed by atoms with Crippen LogP contribution in [-0.4, -0.2) is 13.1 Å². The number of thiophene rings is 1. The van der Waals surface area contributed by atoms with Gasteiger partial charge in [-0.2, -0.15) is 0 Å². The van der Waals surface area contributed by atoms with E-state index in [0.29, 0.717) is 5.41 Å². The second-order valence-corrected chi connectivity index (χ2v) is 6.33. The lowest BCUT2D eigenvalue weighted by molar-refractivity contribution is 0.249. The van der Waals surface area contributed by atoms with E-state index in [9.17, 15) is 0 Å². The van der Waals surface area contributed by atoms with Crippen LogP contribution >= 0.6 is 11.3 Å². The number of benzene rings is 1. The summed E-state index contributed by atoms with van der Waals surface area (Å²) in [7, 11) is 0. The van der Waals surface area contributed by atoms with Gasteiger partial charge < -0.3 is 5.32 Å². The predicted molar refractivity (Wildman–Crippen MR) is 87.1 cm³/mol.